The Bertz CT molecular complexity index is 743. The van der Waals surface area contributed by atoms with Crippen LogP contribution in [0.25, 0.3) is 0 Å². The molecule has 0 fully saturated rings. The summed E-state index contributed by atoms with van der Waals surface area (Å²) in [6.45, 7) is 3.27. The van der Waals surface area contributed by atoms with Crippen molar-refractivity contribution in [1.29, 1.82) is 0 Å². The normalized spacial score (nSPS) is 14.0. The van der Waals surface area contributed by atoms with E-state index in [9.17, 15) is 9.18 Å². The summed E-state index contributed by atoms with van der Waals surface area (Å²) in [6, 6.07) is 13.8. The van der Waals surface area contributed by atoms with Crippen LogP contribution in [0.3, 0.4) is 0 Å². The molecule has 3 nitrogen and oxygen atoms in total. The smallest absolute Gasteiger partial charge is 0.259 e. The van der Waals surface area contributed by atoms with E-state index in [4.69, 9.17) is 0 Å². The number of nitrogens with zero attached hydrogens (tertiary/aromatic N) is 2. The number of rotatable bonds is 3. The number of thioether (sulfide) groups is 1. The van der Waals surface area contributed by atoms with Crippen LogP contribution < -0.4 is 0 Å². The summed E-state index contributed by atoms with van der Waals surface area (Å²) in [7, 11) is 0. The molecule has 0 spiro atoms. The highest BCUT2D eigenvalue weighted by molar-refractivity contribution is 8.13. The van der Waals surface area contributed by atoms with E-state index in [2.05, 4.69) is 24.0 Å². The van der Waals surface area contributed by atoms with Crippen LogP contribution in [-0.2, 0) is 5.75 Å². The molecule has 118 valence electrons. The zero-order valence-corrected chi connectivity index (χ0v) is 13.6. The van der Waals surface area contributed by atoms with Crippen LogP contribution in [0.4, 0.5) is 4.39 Å². The molecule has 0 N–H and O–H groups in total. The maximum Gasteiger partial charge on any atom is 0.259 e. The van der Waals surface area contributed by atoms with Crippen molar-refractivity contribution in [2.24, 2.45) is 4.99 Å². The van der Waals surface area contributed by atoms with E-state index in [1.165, 1.54) is 35.4 Å². The zero-order chi connectivity index (χ0) is 16.2. The van der Waals surface area contributed by atoms with Crippen LogP contribution >= 0.6 is 11.8 Å². The number of carbonyl (C=O) groups is 1. The molecule has 1 aliphatic rings. The van der Waals surface area contributed by atoms with Crippen molar-refractivity contribution in [2.45, 2.75) is 12.7 Å². The Morgan fingerprint density at radius 2 is 1.96 bits per heavy atom. The van der Waals surface area contributed by atoms with E-state index in [0.29, 0.717) is 18.7 Å². The molecular weight excluding hydrogens is 311 g/mol. The lowest BCUT2D eigenvalue weighted by Gasteiger charge is -2.18. The molecule has 2 aromatic carbocycles. The number of benzene rings is 2. The third-order valence-electron chi connectivity index (χ3n) is 3.76. The minimum absolute atomic E-state index is 0.126. The van der Waals surface area contributed by atoms with Crippen LogP contribution in [0.1, 0.15) is 21.5 Å². The molecule has 1 heterocycles. The average molecular weight is 328 g/mol. The standard InChI is InChI=1S/C18H17FN2OS/c1-13-4-2-3-5-15(13)12-23-18-20-10-11-21(18)17(22)14-6-8-16(19)9-7-14/h2-9H,10-12H2,1H3. The molecule has 0 saturated carbocycles. The molecule has 5 heteroatoms. The Labute approximate surface area is 139 Å². The van der Waals surface area contributed by atoms with Gasteiger partial charge in [-0.2, -0.15) is 0 Å². The molecule has 0 aliphatic carbocycles. The van der Waals surface area contributed by atoms with E-state index in [-0.39, 0.29) is 11.7 Å². The van der Waals surface area contributed by atoms with Gasteiger partial charge in [-0.3, -0.25) is 14.7 Å². The molecule has 0 bridgehead atoms. The highest BCUT2D eigenvalue weighted by atomic mass is 32.2. The summed E-state index contributed by atoms with van der Waals surface area (Å²) in [6.07, 6.45) is 0. The molecule has 3 rings (SSSR count). The number of hydrogen-bond acceptors (Lipinski definition) is 3. The van der Waals surface area contributed by atoms with Crippen molar-refractivity contribution >= 4 is 22.8 Å². The average Bonchev–Trinajstić information content (AvgIpc) is 3.02. The number of halogens is 1. The van der Waals surface area contributed by atoms with Crippen LogP contribution in [0.5, 0.6) is 0 Å². The number of aliphatic imine (C=N–C) groups is 1. The maximum atomic E-state index is 13.0. The van der Waals surface area contributed by atoms with Gasteiger partial charge in [0.25, 0.3) is 5.91 Å². The molecule has 23 heavy (non-hydrogen) atoms. The minimum atomic E-state index is -0.342. The molecule has 0 saturated heterocycles. The molecule has 0 aromatic heterocycles. The monoisotopic (exact) mass is 328 g/mol. The largest absolute Gasteiger partial charge is 0.286 e. The van der Waals surface area contributed by atoms with Crippen LogP contribution in [0.2, 0.25) is 0 Å². The van der Waals surface area contributed by atoms with Gasteiger partial charge in [0, 0.05) is 17.9 Å². The van der Waals surface area contributed by atoms with E-state index in [1.807, 2.05) is 12.1 Å². The van der Waals surface area contributed by atoms with Gasteiger partial charge in [-0.25, -0.2) is 4.39 Å². The first kappa shape index (κ1) is 15.7. The van der Waals surface area contributed by atoms with Gasteiger partial charge in [0.2, 0.25) is 0 Å². The van der Waals surface area contributed by atoms with Crippen molar-refractivity contribution in [1.82, 2.24) is 4.90 Å². The Kier molecular flexibility index (Phi) is 4.76. The Morgan fingerprint density at radius 3 is 2.70 bits per heavy atom. The van der Waals surface area contributed by atoms with Gasteiger partial charge in [-0.15, -0.1) is 0 Å². The fourth-order valence-corrected chi connectivity index (χ4v) is 3.52. The van der Waals surface area contributed by atoms with Gasteiger partial charge in [0.1, 0.15) is 5.82 Å². The van der Waals surface area contributed by atoms with Crippen molar-refractivity contribution in [3.63, 3.8) is 0 Å². The fourth-order valence-electron chi connectivity index (χ4n) is 2.40. The van der Waals surface area contributed by atoms with Crippen molar-refractivity contribution in [2.75, 3.05) is 13.1 Å². The lowest BCUT2D eigenvalue weighted by molar-refractivity contribution is 0.0860. The Balaban J connectivity index is 1.69. The number of amides is 1. The molecule has 0 radical (unpaired) electrons. The van der Waals surface area contributed by atoms with E-state index < -0.39 is 0 Å². The summed E-state index contributed by atoms with van der Waals surface area (Å²) in [5.41, 5.74) is 2.95. The predicted octanol–water partition coefficient (Wildman–Crippen LogP) is 3.88. The lowest BCUT2D eigenvalue weighted by atomic mass is 10.1. The second-order valence-electron chi connectivity index (χ2n) is 5.34. The summed E-state index contributed by atoms with van der Waals surface area (Å²) in [5.74, 6) is 0.308. The van der Waals surface area contributed by atoms with Crippen LogP contribution in [0.15, 0.2) is 53.5 Å². The first-order chi connectivity index (χ1) is 11.1. The predicted molar refractivity (Wildman–Crippen MR) is 92.2 cm³/mol. The van der Waals surface area contributed by atoms with Gasteiger partial charge in [0.15, 0.2) is 5.17 Å². The summed E-state index contributed by atoms with van der Waals surface area (Å²) >= 11 is 1.57. The van der Waals surface area contributed by atoms with Gasteiger partial charge >= 0.3 is 0 Å². The fraction of sp³-hybridized carbons (Fsp3) is 0.222. The summed E-state index contributed by atoms with van der Waals surface area (Å²) in [5, 5.41) is 0.738. The number of amidine groups is 1. The van der Waals surface area contributed by atoms with E-state index in [0.717, 1.165) is 10.9 Å². The molecule has 1 amide bonds. The van der Waals surface area contributed by atoms with Crippen molar-refractivity contribution in [3.05, 3.63) is 71.0 Å². The Hall–Kier alpha value is -2.14. The Morgan fingerprint density at radius 1 is 1.22 bits per heavy atom. The third-order valence-corrected chi connectivity index (χ3v) is 4.82. The van der Waals surface area contributed by atoms with E-state index in [1.54, 1.807) is 16.7 Å². The third kappa shape index (κ3) is 3.62. The topological polar surface area (TPSA) is 32.7 Å². The van der Waals surface area contributed by atoms with Crippen molar-refractivity contribution in [3.8, 4) is 0 Å². The maximum absolute atomic E-state index is 13.0. The molecule has 2 aromatic rings. The lowest BCUT2D eigenvalue weighted by Crippen LogP contribution is -2.32. The van der Waals surface area contributed by atoms with Gasteiger partial charge in [-0.1, -0.05) is 36.0 Å². The van der Waals surface area contributed by atoms with E-state index >= 15 is 0 Å². The molecular formula is C18H17FN2OS. The SMILES string of the molecule is Cc1ccccc1CSC1=NCCN1C(=O)c1ccc(F)cc1. The molecule has 1 aliphatic heterocycles. The number of aryl methyl sites for hydroxylation is 1. The minimum Gasteiger partial charge on any atom is -0.286 e. The summed E-state index contributed by atoms with van der Waals surface area (Å²) in [4.78, 5) is 18.7. The first-order valence-corrected chi connectivity index (χ1v) is 8.43. The number of carbonyl (C=O) groups excluding carboxylic acids is 1. The second kappa shape index (κ2) is 6.96. The second-order valence-corrected chi connectivity index (χ2v) is 6.29. The molecule has 0 atom stereocenters. The van der Waals surface area contributed by atoms with Crippen LogP contribution in [-0.4, -0.2) is 29.1 Å². The highest BCUT2D eigenvalue weighted by Gasteiger charge is 2.25. The first-order valence-electron chi connectivity index (χ1n) is 7.44. The quantitative estimate of drug-likeness (QED) is 0.856. The zero-order valence-electron chi connectivity index (χ0n) is 12.8. The van der Waals surface area contributed by atoms with Crippen molar-refractivity contribution < 1.29 is 9.18 Å². The van der Waals surface area contributed by atoms with Gasteiger partial charge in [-0.05, 0) is 42.3 Å². The van der Waals surface area contributed by atoms with Crippen LogP contribution in [0, 0.1) is 12.7 Å². The van der Waals surface area contributed by atoms with Gasteiger partial charge in [0.05, 0.1) is 6.54 Å². The number of hydrogen-bond donors (Lipinski definition) is 0. The van der Waals surface area contributed by atoms with Gasteiger partial charge < -0.3 is 0 Å². The highest BCUT2D eigenvalue weighted by Crippen LogP contribution is 2.23. The summed E-state index contributed by atoms with van der Waals surface area (Å²) < 4.78 is 13.0. The molecule has 0 unspecified atom stereocenters.